The fourth-order valence-corrected chi connectivity index (χ4v) is 2.14. The van der Waals surface area contributed by atoms with Crippen LogP contribution in [0.4, 0.5) is 5.82 Å². The van der Waals surface area contributed by atoms with Gasteiger partial charge in [-0.15, -0.1) is 0 Å². The summed E-state index contributed by atoms with van der Waals surface area (Å²) in [7, 11) is 3.96. The highest BCUT2D eigenvalue weighted by atomic mass is 35.5. The summed E-state index contributed by atoms with van der Waals surface area (Å²) >= 11 is 6.18. The molecular formula is C15H18ClN3. The molecule has 0 saturated heterocycles. The van der Waals surface area contributed by atoms with Crippen molar-refractivity contribution in [1.82, 2.24) is 10.3 Å². The molecule has 0 aliphatic heterocycles. The minimum Gasteiger partial charge on any atom is -0.355 e. The van der Waals surface area contributed by atoms with Crippen molar-refractivity contribution in [2.45, 2.75) is 13.1 Å². The van der Waals surface area contributed by atoms with Crippen molar-refractivity contribution >= 4 is 17.4 Å². The topological polar surface area (TPSA) is 28.2 Å². The van der Waals surface area contributed by atoms with E-state index in [4.69, 9.17) is 11.6 Å². The van der Waals surface area contributed by atoms with Crippen LogP contribution < -0.4 is 10.2 Å². The van der Waals surface area contributed by atoms with Gasteiger partial charge < -0.3 is 10.2 Å². The van der Waals surface area contributed by atoms with Gasteiger partial charge in [0, 0.05) is 31.4 Å². The molecule has 0 aliphatic carbocycles. The van der Waals surface area contributed by atoms with Crippen molar-refractivity contribution in [3.05, 3.63) is 58.7 Å². The van der Waals surface area contributed by atoms with E-state index >= 15 is 0 Å². The lowest BCUT2D eigenvalue weighted by Gasteiger charge is -2.19. The van der Waals surface area contributed by atoms with Crippen LogP contribution in [0.3, 0.4) is 0 Å². The van der Waals surface area contributed by atoms with E-state index in [-0.39, 0.29) is 0 Å². The Bertz CT molecular complexity index is 542. The molecule has 0 spiro atoms. The van der Waals surface area contributed by atoms with Gasteiger partial charge in [0.2, 0.25) is 0 Å². The fourth-order valence-electron chi connectivity index (χ4n) is 1.95. The Hall–Kier alpha value is -1.58. The van der Waals surface area contributed by atoms with Crippen LogP contribution in [0.2, 0.25) is 5.02 Å². The van der Waals surface area contributed by atoms with Gasteiger partial charge in [-0.2, -0.15) is 0 Å². The lowest BCUT2D eigenvalue weighted by atomic mass is 10.2. The molecule has 3 nitrogen and oxygen atoms in total. The van der Waals surface area contributed by atoms with Gasteiger partial charge >= 0.3 is 0 Å². The zero-order chi connectivity index (χ0) is 13.7. The maximum atomic E-state index is 6.18. The third kappa shape index (κ3) is 3.69. The van der Waals surface area contributed by atoms with Crippen molar-refractivity contribution in [2.75, 3.05) is 19.0 Å². The summed E-state index contributed by atoms with van der Waals surface area (Å²) in [5.74, 6) is 0.952. The van der Waals surface area contributed by atoms with Crippen molar-refractivity contribution in [3.63, 3.8) is 0 Å². The Morgan fingerprint density at radius 3 is 2.79 bits per heavy atom. The van der Waals surface area contributed by atoms with Gasteiger partial charge in [-0.1, -0.05) is 29.8 Å². The van der Waals surface area contributed by atoms with E-state index < -0.39 is 0 Å². The largest absolute Gasteiger partial charge is 0.355 e. The third-order valence-corrected chi connectivity index (χ3v) is 3.32. The minimum absolute atomic E-state index is 0.746. The number of hydrogen-bond acceptors (Lipinski definition) is 3. The lowest BCUT2D eigenvalue weighted by molar-refractivity contribution is 0.811. The Morgan fingerprint density at radius 1 is 1.26 bits per heavy atom. The zero-order valence-corrected chi connectivity index (χ0v) is 12.0. The summed E-state index contributed by atoms with van der Waals surface area (Å²) in [6.45, 7) is 1.59. The first kappa shape index (κ1) is 13.8. The second-order valence-corrected chi connectivity index (χ2v) is 4.91. The molecule has 0 radical (unpaired) electrons. The van der Waals surface area contributed by atoms with Gasteiger partial charge in [-0.3, -0.25) is 0 Å². The summed E-state index contributed by atoms with van der Waals surface area (Å²) in [6, 6.07) is 12.0. The normalized spacial score (nSPS) is 10.5. The smallest absolute Gasteiger partial charge is 0.128 e. The van der Waals surface area contributed by atoms with Crippen molar-refractivity contribution in [3.8, 4) is 0 Å². The van der Waals surface area contributed by atoms with Crippen LogP contribution in [0.1, 0.15) is 11.1 Å². The number of hydrogen-bond donors (Lipinski definition) is 1. The van der Waals surface area contributed by atoms with Gasteiger partial charge in [0.15, 0.2) is 0 Å². The second kappa shape index (κ2) is 6.55. The molecule has 4 heteroatoms. The zero-order valence-electron chi connectivity index (χ0n) is 11.2. The number of aromatic nitrogens is 1. The average molecular weight is 276 g/mol. The molecule has 1 aromatic heterocycles. The molecule has 0 fully saturated rings. The summed E-state index contributed by atoms with van der Waals surface area (Å²) < 4.78 is 0. The van der Waals surface area contributed by atoms with E-state index in [2.05, 4.69) is 21.3 Å². The molecule has 100 valence electrons. The summed E-state index contributed by atoms with van der Waals surface area (Å²) in [5, 5.41) is 3.93. The van der Waals surface area contributed by atoms with E-state index in [0.29, 0.717) is 0 Å². The molecular weight excluding hydrogens is 258 g/mol. The van der Waals surface area contributed by atoms with Crippen LogP contribution in [-0.2, 0) is 13.1 Å². The van der Waals surface area contributed by atoms with Crippen LogP contribution in [-0.4, -0.2) is 19.1 Å². The molecule has 19 heavy (non-hydrogen) atoms. The molecule has 0 atom stereocenters. The monoisotopic (exact) mass is 275 g/mol. The van der Waals surface area contributed by atoms with E-state index in [1.54, 1.807) is 0 Å². The number of nitrogens with zero attached hydrogens (tertiary/aromatic N) is 2. The highest BCUT2D eigenvalue weighted by molar-refractivity contribution is 6.31. The van der Waals surface area contributed by atoms with E-state index in [0.717, 1.165) is 29.5 Å². The van der Waals surface area contributed by atoms with Crippen LogP contribution in [0, 0.1) is 0 Å². The highest BCUT2D eigenvalue weighted by Crippen LogP contribution is 2.19. The van der Waals surface area contributed by atoms with Crippen LogP contribution >= 0.6 is 11.6 Å². The van der Waals surface area contributed by atoms with Crippen molar-refractivity contribution in [2.24, 2.45) is 0 Å². The summed E-state index contributed by atoms with van der Waals surface area (Å²) in [6.07, 6.45) is 1.84. The van der Waals surface area contributed by atoms with Crippen LogP contribution in [0.15, 0.2) is 42.6 Å². The van der Waals surface area contributed by atoms with Gasteiger partial charge in [0.05, 0.1) is 0 Å². The Balaban J connectivity index is 2.13. The second-order valence-electron chi connectivity index (χ2n) is 4.50. The number of halogens is 1. The van der Waals surface area contributed by atoms with Gasteiger partial charge in [0.25, 0.3) is 0 Å². The Labute approximate surface area is 119 Å². The van der Waals surface area contributed by atoms with Crippen molar-refractivity contribution in [1.29, 1.82) is 0 Å². The number of rotatable bonds is 5. The molecule has 2 aromatic rings. The van der Waals surface area contributed by atoms with E-state index in [9.17, 15) is 0 Å². The molecule has 0 amide bonds. The third-order valence-electron chi connectivity index (χ3n) is 2.95. The summed E-state index contributed by atoms with van der Waals surface area (Å²) in [5.41, 5.74) is 2.32. The molecule has 1 aromatic carbocycles. The van der Waals surface area contributed by atoms with E-state index in [1.165, 1.54) is 5.56 Å². The Kier molecular flexibility index (Phi) is 4.77. The number of pyridine rings is 1. The first-order chi connectivity index (χ1) is 9.20. The molecule has 1 N–H and O–H groups in total. The average Bonchev–Trinajstić information content (AvgIpc) is 2.42. The van der Waals surface area contributed by atoms with Crippen LogP contribution in [0.25, 0.3) is 0 Å². The van der Waals surface area contributed by atoms with Crippen molar-refractivity contribution < 1.29 is 0 Å². The van der Waals surface area contributed by atoms with Crippen LogP contribution in [0.5, 0.6) is 0 Å². The maximum absolute atomic E-state index is 6.18. The first-order valence-corrected chi connectivity index (χ1v) is 6.62. The Morgan fingerprint density at radius 2 is 2.05 bits per heavy atom. The van der Waals surface area contributed by atoms with Gasteiger partial charge in [0.1, 0.15) is 5.82 Å². The predicted molar refractivity (Wildman–Crippen MR) is 80.6 cm³/mol. The molecule has 0 bridgehead atoms. The molecule has 0 saturated carbocycles. The summed E-state index contributed by atoms with van der Waals surface area (Å²) in [4.78, 5) is 6.50. The number of nitrogens with one attached hydrogen (secondary N) is 1. The van der Waals surface area contributed by atoms with E-state index in [1.807, 2.05) is 50.6 Å². The fraction of sp³-hybridized carbons (Fsp3) is 0.267. The molecule has 2 rings (SSSR count). The molecule has 0 unspecified atom stereocenters. The van der Waals surface area contributed by atoms with Gasteiger partial charge in [-0.25, -0.2) is 4.98 Å². The number of benzene rings is 1. The quantitative estimate of drug-likeness (QED) is 0.909. The maximum Gasteiger partial charge on any atom is 0.128 e. The minimum atomic E-state index is 0.746. The standard InChI is InChI=1S/C15H18ClN3/c1-17-10-12-7-8-18-15(9-12)19(2)11-13-5-3-4-6-14(13)16/h3-9,17H,10-11H2,1-2H3. The molecule has 0 aliphatic rings. The lowest BCUT2D eigenvalue weighted by Crippen LogP contribution is -2.18. The molecule has 1 heterocycles. The SMILES string of the molecule is CNCc1ccnc(N(C)Cc2ccccc2Cl)c1. The first-order valence-electron chi connectivity index (χ1n) is 6.25. The van der Waals surface area contributed by atoms with Gasteiger partial charge in [-0.05, 0) is 36.4 Å². The predicted octanol–water partition coefficient (Wildman–Crippen LogP) is 3.09. The number of anilines is 1. The highest BCUT2D eigenvalue weighted by Gasteiger charge is 2.06.